The number of aromatic amines is 1. The summed E-state index contributed by atoms with van der Waals surface area (Å²) >= 11 is 0. The van der Waals surface area contributed by atoms with Crippen molar-refractivity contribution in [1.82, 2.24) is 14.9 Å². The van der Waals surface area contributed by atoms with Gasteiger partial charge in [0.05, 0.1) is 18.4 Å². The van der Waals surface area contributed by atoms with E-state index in [0.717, 1.165) is 17.9 Å². The third kappa shape index (κ3) is 6.08. The standard InChI is InChI=1S/C24H35N3O/c1-8-11-27(23(28)12-17(2)3)16-21-15-25-22(26-21)14-19-9-10-20(13-18(19)4)24(5,6)7/h8-10,13,15,17H,1,11-12,14,16H2,2-7H3,(H,25,26). The van der Waals surface area contributed by atoms with Crippen molar-refractivity contribution >= 4 is 5.91 Å². The molecule has 4 nitrogen and oxygen atoms in total. The van der Waals surface area contributed by atoms with E-state index in [1.54, 1.807) is 6.08 Å². The number of hydrogen-bond donors (Lipinski definition) is 1. The average molecular weight is 382 g/mol. The Morgan fingerprint density at radius 2 is 2.04 bits per heavy atom. The first-order valence-corrected chi connectivity index (χ1v) is 10.1. The Balaban J connectivity index is 2.09. The number of aryl methyl sites for hydroxylation is 1. The summed E-state index contributed by atoms with van der Waals surface area (Å²) in [6.45, 7) is 17.8. The van der Waals surface area contributed by atoms with Crippen molar-refractivity contribution in [2.45, 2.75) is 66.3 Å². The largest absolute Gasteiger partial charge is 0.344 e. The smallest absolute Gasteiger partial charge is 0.223 e. The molecular formula is C24H35N3O. The lowest BCUT2D eigenvalue weighted by Crippen LogP contribution is -2.31. The van der Waals surface area contributed by atoms with Gasteiger partial charge in [-0.25, -0.2) is 4.98 Å². The minimum Gasteiger partial charge on any atom is -0.344 e. The van der Waals surface area contributed by atoms with Gasteiger partial charge in [0.1, 0.15) is 5.82 Å². The van der Waals surface area contributed by atoms with Crippen LogP contribution in [0.3, 0.4) is 0 Å². The van der Waals surface area contributed by atoms with E-state index < -0.39 is 0 Å². The van der Waals surface area contributed by atoms with E-state index in [1.165, 1.54) is 16.7 Å². The van der Waals surface area contributed by atoms with Crippen LogP contribution in [-0.4, -0.2) is 27.3 Å². The number of aromatic nitrogens is 2. The SMILES string of the molecule is C=CCN(Cc1cnc(Cc2ccc(C(C)(C)C)cc2C)[nH]1)C(=O)CC(C)C. The van der Waals surface area contributed by atoms with Crippen molar-refractivity contribution in [2.24, 2.45) is 5.92 Å². The summed E-state index contributed by atoms with van der Waals surface area (Å²) in [5.74, 6) is 1.42. The van der Waals surface area contributed by atoms with Gasteiger partial charge in [0.15, 0.2) is 0 Å². The molecule has 1 heterocycles. The number of nitrogens with zero attached hydrogens (tertiary/aromatic N) is 2. The minimum atomic E-state index is 0.151. The van der Waals surface area contributed by atoms with Crippen LogP contribution in [0, 0.1) is 12.8 Å². The van der Waals surface area contributed by atoms with Crippen molar-refractivity contribution < 1.29 is 4.79 Å². The molecule has 2 rings (SSSR count). The molecule has 0 aliphatic rings. The van der Waals surface area contributed by atoms with Crippen molar-refractivity contribution in [3.63, 3.8) is 0 Å². The van der Waals surface area contributed by atoms with E-state index in [2.05, 4.69) is 76.3 Å². The minimum absolute atomic E-state index is 0.151. The molecule has 2 aromatic rings. The Labute approximate surface area is 170 Å². The maximum absolute atomic E-state index is 12.4. The van der Waals surface area contributed by atoms with Crippen LogP contribution in [-0.2, 0) is 23.2 Å². The predicted octanol–water partition coefficient (Wildman–Crippen LogP) is 5.17. The summed E-state index contributed by atoms with van der Waals surface area (Å²) in [6.07, 6.45) is 4.92. The Morgan fingerprint density at radius 3 is 2.61 bits per heavy atom. The molecule has 1 N–H and O–H groups in total. The Bertz CT molecular complexity index is 811. The topological polar surface area (TPSA) is 49.0 Å². The summed E-state index contributed by atoms with van der Waals surface area (Å²) in [5, 5.41) is 0. The van der Waals surface area contributed by atoms with Gasteiger partial charge in [-0.3, -0.25) is 4.79 Å². The normalized spacial score (nSPS) is 11.7. The summed E-state index contributed by atoms with van der Waals surface area (Å²) in [7, 11) is 0. The highest BCUT2D eigenvalue weighted by molar-refractivity contribution is 5.76. The number of imidazole rings is 1. The molecule has 4 heteroatoms. The second-order valence-electron chi connectivity index (χ2n) is 9.08. The lowest BCUT2D eigenvalue weighted by molar-refractivity contribution is -0.132. The Morgan fingerprint density at radius 1 is 1.32 bits per heavy atom. The monoisotopic (exact) mass is 381 g/mol. The van der Waals surface area contributed by atoms with Gasteiger partial charge in [-0.05, 0) is 34.9 Å². The number of H-pyrrole nitrogens is 1. The van der Waals surface area contributed by atoms with Gasteiger partial charge in [-0.1, -0.05) is 58.9 Å². The van der Waals surface area contributed by atoms with E-state index >= 15 is 0 Å². The molecule has 0 fully saturated rings. The van der Waals surface area contributed by atoms with Crippen molar-refractivity contribution in [3.05, 3.63) is 65.3 Å². The molecular weight excluding hydrogens is 346 g/mol. The van der Waals surface area contributed by atoms with E-state index in [4.69, 9.17) is 0 Å². The third-order valence-electron chi connectivity index (χ3n) is 4.89. The molecule has 1 amide bonds. The van der Waals surface area contributed by atoms with Gasteiger partial charge in [0.2, 0.25) is 5.91 Å². The molecule has 1 aromatic carbocycles. The van der Waals surface area contributed by atoms with E-state index in [0.29, 0.717) is 25.4 Å². The van der Waals surface area contributed by atoms with Crippen molar-refractivity contribution in [2.75, 3.05) is 6.54 Å². The number of nitrogens with one attached hydrogen (secondary N) is 1. The van der Waals surface area contributed by atoms with Crippen molar-refractivity contribution in [3.8, 4) is 0 Å². The van der Waals surface area contributed by atoms with E-state index in [-0.39, 0.29) is 11.3 Å². The molecule has 0 atom stereocenters. The fourth-order valence-corrected chi connectivity index (χ4v) is 3.21. The van der Waals surface area contributed by atoms with Crippen LogP contribution in [0.4, 0.5) is 0 Å². The van der Waals surface area contributed by atoms with Crippen molar-refractivity contribution in [1.29, 1.82) is 0 Å². The Hall–Kier alpha value is -2.36. The third-order valence-corrected chi connectivity index (χ3v) is 4.89. The molecule has 0 spiro atoms. The van der Waals surface area contributed by atoms with Gasteiger partial charge < -0.3 is 9.88 Å². The Kier molecular flexibility index (Phi) is 7.22. The number of benzene rings is 1. The molecule has 152 valence electrons. The highest BCUT2D eigenvalue weighted by Gasteiger charge is 2.17. The van der Waals surface area contributed by atoms with Crippen LogP contribution in [0.2, 0.25) is 0 Å². The first-order chi connectivity index (χ1) is 13.1. The lowest BCUT2D eigenvalue weighted by Gasteiger charge is -2.21. The number of carbonyl (C=O) groups excluding carboxylic acids is 1. The van der Waals surface area contributed by atoms with Gasteiger partial charge in [0.25, 0.3) is 0 Å². The molecule has 0 saturated carbocycles. The highest BCUT2D eigenvalue weighted by Crippen LogP contribution is 2.25. The summed E-state index contributed by atoms with van der Waals surface area (Å²) in [4.78, 5) is 22.2. The lowest BCUT2D eigenvalue weighted by atomic mass is 9.85. The average Bonchev–Trinajstić information content (AvgIpc) is 3.02. The maximum Gasteiger partial charge on any atom is 0.223 e. The summed E-state index contributed by atoms with van der Waals surface area (Å²) < 4.78 is 0. The number of carbonyl (C=O) groups is 1. The summed E-state index contributed by atoms with van der Waals surface area (Å²) in [5.41, 5.74) is 5.01. The van der Waals surface area contributed by atoms with Gasteiger partial charge in [-0.2, -0.15) is 0 Å². The maximum atomic E-state index is 12.4. The molecule has 1 aromatic heterocycles. The second-order valence-corrected chi connectivity index (χ2v) is 9.08. The van der Waals surface area contributed by atoms with Gasteiger partial charge in [-0.15, -0.1) is 6.58 Å². The molecule has 0 saturated heterocycles. The first kappa shape index (κ1) is 21.9. The second kappa shape index (κ2) is 9.22. The van der Waals surface area contributed by atoms with Crippen LogP contribution >= 0.6 is 0 Å². The molecule has 0 aliphatic carbocycles. The number of rotatable bonds is 8. The van der Waals surface area contributed by atoms with Crippen LogP contribution in [0.25, 0.3) is 0 Å². The zero-order chi connectivity index (χ0) is 20.9. The highest BCUT2D eigenvalue weighted by atomic mass is 16.2. The van der Waals surface area contributed by atoms with Gasteiger partial charge >= 0.3 is 0 Å². The number of amides is 1. The van der Waals surface area contributed by atoms with Crippen LogP contribution in [0.15, 0.2) is 37.1 Å². The van der Waals surface area contributed by atoms with E-state index in [1.807, 2.05) is 11.1 Å². The van der Waals surface area contributed by atoms with Crippen LogP contribution in [0.1, 0.15) is 69.2 Å². The van der Waals surface area contributed by atoms with Crippen LogP contribution < -0.4 is 0 Å². The molecule has 0 aliphatic heterocycles. The predicted molar refractivity (Wildman–Crippen MR) is 116 cm³/mol. The number of hydrogen-bond acceptors (Lipinski definition) is 2. The fraction of sp³-hybridized carbons (Fsp3) is 0.500. The fourth-order valence-electron chi connectivity index (χ4n) is 3.21. The molecule has 0 bridgehead atoms. The first-order valence-electron chi connectivity index (χ1n) is 10.1. The zero-order valence-corrected chi connectivity index (χ0v) is 18.3. The van der Waals surface area contributed by atoms with Crippen LogP contribution in [0.5, 0.6) is 0 Å². The molecule has 0 unspecified atom stereocenters. The molecule has 28 heavy (non-hydrogen) atoms. The van der Waals surface area contributed by atoms with E-state index in [9.17, 15) is 4.79 Å². The molecule has 0 radical (unpaired) electrons. The zero-order valence-electron chi connectivity index (χ0n) is 18.3. The quantitative estimate of drug-likeness (QED) is 0.642. The summed E-state index contributed by atoms with van der Waals surface area (Å²) in [6, 6.07) is 6.69. The van der Waals surface area contributed by atoms with Gasteiger partial charge in [0, 0.05) is 19.4 Å².